The quantitative estimate of drug-likeness (QED) is 0.545. The molecule has 1 atom stereocenters. The van der Waals surface area contributed by atoms with Gasteiger partial charge in [0.25, 0.3) is 5.91 Å². The summed E-state index contributed by atoms with van der Waals surface area (Å²) in [5, 5.41) is 14.4. The van der Waals surface area contributed by atoms with E-state index in [-0.39, 0.29) is 11.9 Å². The number of amides is 1. The molecule has 1 aromatic carbocycles. The van der Waals surface area contributed by atoms with Gasteiger partial charge < -0.3 is 16.2 Å². The van der Waals surface area contributed by atoms with Crippen molar-refractivity contribution in [3.63, 3.8) is 0 Å². The fourth-order valence-electron chi connectivity index (χ4n) is 2.90. The van der Waals surface area contributed by atoms with Gasteiger partial charge in [0, 0.05) is 32.0 Å². The van der Waals surface area contributed by atoms with Crippen molar-refractivity contribution in [2.45, 2.75) is 26.1 Å². The summed E-state index contributed by atoms with van der Waals surface area (Å²) in [4.78, 5) is 25.9. The lowest BCUT2D eigenvalue weighted by molar-refractivity contribution is -0.192. The first kappa shape index (κ1) is 24.6. The molecule has 0 aliphatic rings. The molecule has 9 nitrogen and oxygen atoms in total. The fourth-order valence-corrected chi connectivity index (χ4v) is 2.90. The van der Waals surface area contributed by atoms with Crippen molar-refractivity contribution >= 4 is 11.9 Å². The Morgan fingerprint density at radius 3 is 2.31 bits per heavy atom. The minimum absolute atomic E-state index is 0.194. The van der Waals surface area contributed by atoms with Crippen LogP contribution in [-0.2, 0) is 11.8 Å². The van der Waals surface area contributed by atoms with E-state index in [1.165, 1.54) is 0 Å². The number of carbonyl (C=O) groups excluding carboxylic acids is 1. The summed E-state index contributed by atoms with van der Waals surface area (Å²) in [6.07, 6.45) is -1.57. The highest BCUT2D eigenvalue weighted by Crippen LogP contribution is 2.19. The van der Waals surface area contributed by atoms with Crippen molar-refractivity contribution in [3.05, 3.63) is 65.4 Å². The lowest BCUT2D eigenvalue weighted by Crippen LogP contribution is -2.32. The Kier molecular flexibility index (Phi) is 7.76. The first-order valence-corrected chi connectivity index (χ1v) is 9.36. The molecule has 0 saturated heterocycles. The molecule has 3 aromatic rings. The summed E-state index contributed by atoms with van der Waals surface area (Å²) in [7, 11) is 1.81. The first-order chi connectivity index (χ1) is 14.9. The van der Waals surface area contributed by atoms with Gasteiger partial charge in [-0.2, -0.15) is 18.3 Å². The highest BCUT2D eigenvalue weighted by molar-refractivity contribution is 5.98. The topological polar surface area (TPSA) is 128 Å². The van der Waals surface area contributed by atoms with E-state index in [2.05, 4.69) is 15.4 Å². The molecule has 12 heteroatoms. The molecule has 0 aliphatic heterocycles. The number of nitrogens with one attached hydrogen (secondary N) is 1. The Hall–Kier alpha value is -3.67. The number of aliphatic carboxylic acids is 1. The van der Waals surface area contributed by atoms with Crippen molar-refractivity contribution in [2.75, 3.05) is 6.54 Å². The SMILES string of the molecule is Cc1nn(C)c(-n2ccnc2C)c1C(=O)NC[C@@H](N)c1ccccc1.O=C(O)C(F)(F)F. The second kappa shape index (κ2) is 10.1. The van der Waals surface area contributed by atoms with Gasteiger partial charge in [0.1, 0.15) is 17.2 Å². The Morgan fingerprint density at radius 1 is 1.22 bits per heavy atom. The highest BCUT2D eigenvalue weighted by atomic mass is 19.4. The van der Waals surface area contributed by atoms with E-state index in [9.17, 15) is 18.0 Å². The summed E-state index contributed by atoms with van der Waals surface area (Å²) in [5.74, 6) is -1.47. The number of benzene rings is 1. The standard InChI is InChI=1S/C18H22N6O.C2HF3O2/c1-12-16(18(23(3)22-12)24-10-9-20-13(24)2)17(25)21-11-15(19)14-7-5-4-6-8-14;3-2(4,5)1(6)7/h4-10,15H,11,19H2,1-3H3,(H,21,25);(H,6,7)/t15-;/m1./s1. The van der Waals surface area contributed by atoms with Gasteiger partial charge in [0.15, 0.2) is 0 Å². The Balaban J connectivity index is 0.000000451. The molecule has 0 saturated carbocycles. The number of hydrogen-bond donors (Lipinski definition) is 3. The summed E-state index contributed by atoms with van der Waals surface area (Å²) in [5.41, 5.74) is 8.35. The smallest absolute Gasteiger partial charge is 0.475 e. The Morgan fingerprint density at radius 2 is 1.81 bits per heavy atom. The normalized spacial score (nSPS) is 12.0. The lowest BCUT2D eigenvalue weighted by atomic mass is 10.1. The predicted octanol–water partition coefficient (Wildman–Crippen LogP) is 2.29. The second-order valence-corrected chi connectivity index (χ2v) is 6.78. The maximum atomic E-state index is 12.8. The van der Waals surface area contributed by atoms with Crippen LogP contribution in [0.2, 0.25) is 0 Å². The van der Waals surface area contributed by atoms with Crippen molar-refractivity contribution in [1.82, 2.24) is 24.6 Å². The lowest BCUT2D eigenvalue weighted by Gasteiger charge is -2.14. The number of halogens is 3. The maximum absolute atomic E-state index is 12.8. The molecule has 1 amide bonds. The summed E-state index contributed by atoms with van der Waals surface area (Å²) in [6.45, 7) is 4.05. The number of carboxylic acid groups (broad SMARTS) is 1. The Labute approximate surface area is 181 Å². The minimum atomic E-state index is -5.08. The van der Waals surface area contributed by atoms with E-state index >= 15 is 0 Å². The van der Waals surface area contributed by atoms with Gasteiger partial charge in [0.2, 0.25) is 0 Å². The number of carbonyl (C=O) groups is 2. The molecule has 0 bridgehead atoms. The molecule has 172 valence electrons. The van der Waals surface area contributed by atoms with E-state index < -0.39 is 12.1 Å². The predicted molar refractivity (Wildman–Crippen MR) is 109 cm³/mol. The number of nitrogens with two attached hydrogens (primary N) is 1. The van der Waals surface area contributed by atoms with Gasteiger partial charge in [-0.05, 0) is 19.4 Å². The van der Waals surface area contributed by atoms with Crippen LogP contribution >= 0.6 is 0 Å². The van der Waals surface area contributed by atoms with E-state index in [1.807, 2.05) is 62.0 Å². The zero-order chi connectivity index (χ0) is 24.1. The maximum Gasteiger partial charge on any atom is 0.490 e. The molecule has 0 aliphatic carbocycles. The molecular formula is C20H23F3N6O3. The third kappa shape index (κ3) is 5.94. The molecule has 32 heavy (non-hydrogen) atoms. The van der Waals surface area contributed by atoms with Gasteiger partial charge in [-0.3, -0.25) is 14.0 Å². The number of nitrogens with zero attached hydrogens (tertiary/aromatic N) is 4. The van der Waals surface area contributed by atoms with Crippen molar-refractivity contribution < 1.29 is 27.9 Å². The zero-order valence-electron chi connectivity index (χ0n) is 17.6. The van der Waals surface area contributed by atoms with Crippen LogP contribution < -0.4 is 11.1 Å². The average molecular weight is 452 g/mol. The van der Waals surface area contributed by atoms with Crippen molar-refractivity contribution in [3.8, 4) is 5.82 Å². The highest BCUT2D eigenvalue weighted by Gasteiger charge is 2.38. The number of hydrogen-bond acceptors (Lipinski definition) is 5. The van der Waals surface area contributed by atoms with Crippen LogP contribution in [0.3, 0.4) is 0 Å². The minimum Gasteiger partial charge on any atom is -0.475 e. The number of carboxylic acids is 1. The van der Waals surface area contributed by atoms with Crippen molar-refractivity contribution in [1.29, 1.82) is 0 Å². The third-order valence-electron chi connectivity index (χ3n) is 4.43. The molecular weight excluding hydrogens is 429 g/mol. The number of rotatable bonds is 5. The van der Waals surface area contributed by atoms with Crippen LogP contribution in [0.25, 0.3) is 5.82 Å². The van der Waals surface area contributed by atoms with Crippen LogP contribution in [0.15, 0.2) is 42.7 Å². The average Bonchev–Trinajstić information content (AvgIpc) is 3.27. The summed E-state index contributed by atoms with van der Waals surface area (Å²) in [6, 6.07) is 9.44. The van der Waals surface area contributed by atoms with E-state index in [0.29, 0.717) is 23.6 Å². The summed E-state index contributed by atoms with van der Waals surface area (Å²) < 4.78 is 35.3. The molecule has 0 radical (unpaired) electrons. The summed E-state index contributed by atoms with van der Waals surface area (Å²) >= 11 is 0. The molecule has 0 fully saturated rings. The van der Waals surface area contributed by atoms with Crippen LogP contribution in [0, 0.1) is 13.8 Å². The van der Waals surface area contributed by atoms with Gasteiger partial charge >= 0.3 is 12.1 Å². The molecule has 2 aromatic heterocycles. The zero-order valence-corrected chi connectivity index (χ0v) is 17.6. The van der Waals surface area contributed by atoms with Gasteiger partial charge in [-0.25, -0.2) is 9.78 Å². The monoisotopic (exact) mass is 452 g/mol. The Bertz CT molecular complexity index is 1080. The molecule has 0 unspecified atom stereocenters. The number of aryl methyl sites for hydroxylation is 3. The molecule has 3 rings (SSSR count). The van der Waals surface area contributed by atoms with Crippen molar-refractivity contribution in [2.24, 2.45) is 12.8 Å². The second-order valence-electron chi connectivity index (χ2n) is 6.78. The molecule has 4 N–H and O–H groups in total. The van der Waals surface area contributed by atoms with Crippen LogP contribution in [0.4, 0.5) is 13.2 Å². The largest absolute Gasteiger partial charge is 0.490 e. The molecule has 2 heterocycles. The van der Waals surface area contributed by atoms with Gasteiger partial charge in [0.05, 0.1) is 5.69 Å². The first-order valence-electron chi connectivity index (χ1n) is 9.36. The molecule has 0 spiro atoms. The van der Waals surface area contributed by atoms with Gasteiger partial charge in [-0.1, -0.05) is 30.3 Å². The van der Waals surface area contributed by atoms with E-state index in [1.54, 1.807) is 10.9 Å². The van der Waals surface area contributed by atoms with E-state index in [0.717, 1.165) is 11.4 Å². The van der Waals surface area contributed by atoms with Crippen LogP contribution in [0.5, 0.6) is 0 Å². The van der Waals surface area contributed by atoms with Crippen LogP contribution in [0.1, 0.15) is 33.5 Å². The number of imidazole rings is 1. The fraction of sp³-hybridized carbons (Fsp3) is 0.300. The van der Waals surface area contributed by atoms with Gasteiger partial charge in [-0.15, -0.1) is 0 Å². The third-order valence-corrected chi connectivity index (χ3v) is 4.43. The number of aromatic nitrogens is 4. The number of alkyl halides is 3. The van der Waals surface area contributed by atoms with Crippen LogP contribution in [-0.4, -0.2) is 49.0 Å². The van der Waals surface area contributed by atoms with E-state index in [4.69, 9.17) is 15.6 Å².